The van der Waals surface area contributed by atoms with E-state index in [9.17, 15) is 8.42 Å². The molecule has 2 aromatic carbocycles. The molecule has 0 saturated carbocycles. The van der Waals surface area contributed by atoms with Gasteiger partial charge in [0.05, 0.1) is 28.8 Å². The molecule has 0 aliphatic rings. The van der Waals surface area contributed by atoms with Crippen LogP contribution in [0, 0.1) is 6.92 Å². The predicted octanol–water partition coefficient (Wildman–Crippen LogP) is 4.03. The zero-order valence-corrected chi connectivity index (χ0v) is 17.7. The Hall–Kier alpha value is -2.71. The number of aromatic nitrogens is 3. The van der Waals surface area contributed by atoms with Crippen molar-refractivity contribution in [3.05, 3.63) is 76.5 Å². The van der Waals surface area contributed by atoms with E-state index in [0.717, 1.165) is 28.5 Å². The molecular weight excluding hydrogens is 404 g/mol. The summed E-state index contributed by atoms with van der Waals surface area (Å²) in [5.41, 5.74) is 4.40. The van der Waals surface area contributed by atoms with E-state index < -0.39 is 10.0 Å². The average Bonchev–Trinajstić information content (AvgIpc) is 3.32. The molecule has 0 aliphatic heterocycles. The molecule has 0 bridgehead atoms. The van der Waals surface area contributed by atoms with E-state index in [1.807, 2.05) is 54.9 Å². The number of sulfonamides is 1. The van der Waals surface area contributed by atoms with Gasteiger partial charge < -0.3 is 0 Å². The van der Waals surface area contributed by atoms with E-state index >= 15 is 0 Å². The number of nitrogens with one attached hydrogen (secondary N) is 1. The van der Waals surface area contributed by atoms with Crippen molar-refractivity contribution in [1.82, 2.24) is 14.8 Å². The van der Waals surface area contributed by atoms with Gasteiger partial charge in [-0.15, -0.1) is 11.3 Å². The second-order valence-electron chi connectivity index (χ2n) is 6.91. The van der Waals surface area contributed by atoms with E-state index in [4.69, 9.17) is 0 Å². The summed E-state index contributed by atoms with van der Waals surface area (Å²) in [5.74, 6) is 0.0201. The van der Waals surface area contributed by atoms with Gasteiger partial charge in [0.25, 0.3) is 0 Å². The Balaban J connectivity index is 1.37. The normalized spacial score (nSPS) is 11.8. The Bertz CT molecular complexity index is 1220. The molecule has 4 rings (SSSR count). The Kier molecular flexibility index (Phi) is 5.64. The molecule has 1 N–H and O–H groups in total. The number of hydrogen-bond acceptors (Lipinski definition) is 5. The fraction of sp³-hybridized carbons (Fsp3) is 0.238. The number of hydrogen-bond donors (Lipinski definition) is 1. The SMILES string of the molecule is Cc1ncsc1CCn1cc(NS(=O)(=O)CCc2cccc3ccccc23)cn1. The highest BCUT2D eigenvalue weighted by Gasteiger charge is 2.13. The van der Waals surface area contributed by atoms with Crippen molar-refractivity contribution in [2.24, 2.45) is 0 Å². The van der Waals surface area contributed by atoms with Crippen LogP contribution >= 0.6 is 11.3 Å². The maximum Gasteiger partial charge on any atom is 0.233 e. The summed E-state index contributed by atoms with van der Waals surface area (Å²) in [7, 11) is -3.46. The largest absolute Gasteiger partial charge is 0.280 e. The van der Waals surface area contributed by atoms with Gasteiger partial charge in [-0.3, -0.25) is 9.40 Å². The quantitative estimate of drug-likeness (QED) is 0.461. The van der Waals surface area contributed by atoms with Crippen LogP contribution in [0.1, 0.15) is 16.1 Å². The monoisotopic (exact) mass is 426 g/mol. The summed E-state index contributed by atoms with van der Waals surface area (Å²) in [6.07, 6.45) is 4.56. The summed E-state index contributed by atoms with van der Waals surface area (Å²) >= 11 is 1.63. The molecule has 0 saturated heterocycles. The lowest BCUT2D eigenvalue weighted by atomic mass is 10.0. The second kappa shape index (κ2) is 8.34. The average molecular weight is 427 g/mol. The number of aryl methyl sites for hydroxylation is 4. The van der Waals surface area contributed by atoms with Crippen molar-refractivity contribution in [2.45, 2.75) is 26.3 Å². The van der Waals surface area contributed by atoms with Crippen LogP contribution in [0.3, 0.4) is 0 Å². The molecule has 8 heteroatoms. The van der Waals surface area contributed by atoms with Crippen LogP contribution in [-0.4, -0.2) is 28.9 Å². The standard InChI is InChI=1S/C21H22N4O2S2/c1-16-21(28-15-22-16)9-11-25-14-19(13-23-25)24-29(26,27)12-10-18-7-4-6-17-5-2-3-8-20(17)18/h2-8,13-15,24H,9-12H2,1H3. The highest BCUT2D eigenvalue weighted by atomic mass is 32.2. The van der Waals surface area contributed by atoms with E-state index in [1.165, 1.54) is 4.88 Å². The fourth-order valence-corrected chi connectivity index (χ4v) is 5.13. The molecule has 6 nitrogen and oxygen atoms in total. The minimum atomic E-state index is -3.46. The van der Waals surface area contributed by atoms with Crippen LogP contribution in [0.5, 0.6) is 0 Å². The van der Waals surface area contributed by atoms with Crippen LogP contribution in [0.15, 0.2) is 60.4 Å². The van der Waals surface area contributed by atoms with E-state index in [2.05, 4.69) is 14.8 Å². The first-order valence-electron chi connectivity index (χ1n) is 9.39. The zero-order valence-electron chi connectivity index (χ0n) is 16.1. The van der Waals surface area contributed by atoms with E-state index in [-0.39, 0.29) is 5.75 Å². The molecule has 0 fully saturated rings. The molecule has 0 atom stereocenters. The van der Waals surface area contributed by atoms with Crippen molar-refractivity contribution in [2.75, 3.05) is 10.5 Å². The Morgan fingerprint density at radius 3 is 2.76 bits per heavy atom. The van der Waals surface area contributed by atoms with Crippen LogP contribution in [-0.2, 0) is 29.4 Å². The number of rotatable bonds is 8. The second-order valence-corrected chi connectivity index (χ2v) is 9.69. The number of fused-ring (bicyclic) bond motifs is 1. The number of anilines is 1. The molecule has 0 aliphatic carbocycles. The van der Waals surface area contributed by atoms with Crippen LogP contribution in [0.4, 0.5) is 5.69 Å². The zero-order chi connectivity index (χ0) is 20.3. The molecule has 2 aromatic heterocycles. The van der Waals surface area contributed by atoms with Crippen molar-refractivity contribution < 1.29 is 8.42 Å². The summed E-state index contributed by atoms with van der Waals surface area (Å²) in [6.45, 7) is 2.67. The van der Waals surface area contributed by atoms with Crippen molar-refractivity contribution in [3.8, 4) is 0 Å². The Labute approximate surface area is 174 Å². The van der Waals surface area contributed by atoms with Crippen molar-refractivity contribution in [1.29, 1.82) is 0 Å². The summed E-state index contributed by atoms with van der Waals surface area (Å²) in [6, 6.07) is 14.0. The predicted molar refractivity (Wildman–Crippen MR) is 118 cm³/mol. The van der Waals surface area contributed by atoms with E-state index in [0.29, 0.717) is 18.7 Å². The summed E-state index contributed by atoms with van der Waals surface area (Å²) < 4.78 is 29.5. The molecule has 4 aromatic rings. The molecule has 29 heavy (non-hydrogen) atoms. The summed E-state index contributed by atoms with van der Waals surface area (Å²) in [5, 5.41) is 6.47. The maximum absolute atomic E-state index is 12.6. The minimum absolute atomic E-state index is 0.0201. The number of thiazole rings is 1. The van der Waals surface area contributed by atoms with Crippen LogP contribution in [0.2, 0.25) is 0 Å². The molecule has 150 valence electrons. The molecule has 0 spiro atoms. The van der Waals surface area contributed by atoms with Gasteiger partial charge >= 0.3 is 0 Å². The Morgan fingerprint density at radius 1 is 1.10 bits per heavy atom. The highest BCUT2D eigenvalue weighted by molar-refractivity contribution is 7.92. The van der Waals surface area contributed by atoms with Crippen LogP contribution in [0.25, 0.3) is 10.8 Å². The molecule has 2 heterocycles. The Morgan fingerprint density at radius 2 is 1.93 bits per heavy atom. The first kappa shape index (κ1) is 19.6. The lowest BCUT2D eigenvalue weighted by molar-refractivity contribution is 0.600. The molecule has 0 amide bonds. The van der Waals surface area contributed by atoms with Gasteiger partial charge in [-0.1, -0.05) is 42.5 Å². The van der Waals surface area contributed by atoms with Crippen molar-refractivity contribution >= 4 is 37.8 Å². The number of benzene rings is 2. The third-order valence-electron chi connectivity index (χ3n) is 4.84. The van der Waals surface area contributed by atoms with E-state index in [1.54, 1.807) is 28.4 Å². The fourth-order valence-electron chi connectivity index (χ4n) is 3.31. The smallest absolute Gasteiger partial charge is 0.233 e. The molecular formula is C21H22N4O2S2. The molecule has 0 unspecified atom stereocenters. The first-order valence-corrected chi connectivity index (χ1v) is 11.9. The first-order chi connectivity index (χ1) is 14.0. The molecule has 0 radical (unpaired) electrons. The van der Waals surface area contributed by atoms with Gasteiger partial charge in [0.2, 0.25) is 10.0 Å². The highest BCUT2D eigenvalue weighted by Crippen LogP contribution is 2.20. The summed E-state index contributed by atoms with van der Waals surface area (Å²) in [4.78, 5) is 5.46. The lowest BCUT2D eigenvalue weighted by Gasteiger charge is -2.08. The number of nitrogens with zero attached hydrogens (tertiary/aromatic N) is 3. The van der Waals surface area contributed by atoms with Gasteiger partial charge in [0.1, 0.15) is 0 Å². The third-order valence-corrected chi connectivity index (χ3v) is 7.12. The lowest BCUT2D eigenvalue weighted by Crippen LogP contribution is -2.18. The van der Waals surface area contributed by atoms with Crippen LogP contribution < -0.4 is 4.72 Å². The topological polar surface area (TPSA) is 76.9 Å². The van der Waals surface area contributed by atoms with Gasteiger partial charge in [-0.2, -0.15) is 5.10 Å². The third kappa shape index (κ3) is 4.83. The van der Waals surface area contributed by atoms with Crippen molar-refractivity contribution in [3.63, 3.8) is 0 Å². The van der Waals surface area contributed by atoms with Gasteiger partial charge in [-0.05, 0) is 29.7 Å². The van der Waals surface area contributed by atoms with Gasteiger partial charge in [0.15, 0.2) is 0 Å². The van der Waals surface area contributed by atoms with Gasteiger partial charge in [0, 0.05) is 24.0 Å². The minimum Gasteiger partial charge on any atom is -0.280 e. The van der Waals surface area contributed by atoms with Gasteiger partial charge in [-0.25, -0.2) is 13.4 Å². The maximum atomic E-state index is 12.6.